The number of hydrogen-bond donors (Lipinski definition) is 2. The molecule has 0 atom stereocenters. The van der Waals surface area contributed by atoms with Gasteiger partial charge in [-0.1, -0.05) is 18.2 Å². The topological polar surface area (TPSA) is 64.4 Å². The van der Waals surface area contributed by atoms with Crippen LogP contribution in [0.5, 0.6) is 0 Å². The SMILES string of the molecule is NC(=O)OC1CC(Nc2ccccc2)C1. The molecule has 0 heterocycles. The van der Waals surface area contributed by atoms with Crippen molar-refractivity contribution >= 4 is 11.8 Å². The van der Waals surface area contributed by atoms with E-state index in [1.54, 1.807) is 0 Å². The fourth-order valence-corrected chi connectivity index (χ4v) is 1.71. The molecule has 4 nitrogen and oxygen atoms in total. The van der Waals surface area contributed by atoms with Crippen LogP contribution in [0.15, 0.2) is 30.3 Å². The Morgan fingerprint density at radius 2 is 2.00 bits per heavy atom. The summed E-state index contributed by atoms with van der Waals surface area (Å²) in [4.78, 5) is 10.4. The maximum absolute atomic E-state index is 10.4. The second-order valence-electron chi connectivity index (χ2n) is 3.74. The lowest BCUT2D eigenvalue weighted by atomic mass is 9.89. The minimum Gasteiger partial charge on any atom is -0.446 e. The Morgan fingerprint density at radius 1 is 1.33 bits per heavy atom. The van der Waals surface area contributed by atoms with Crippen molar-refractivity contribution in [1.82, 2.24) is 0 Å². The zero-order valence-electron chi connectivity index (χ0n) is 8.35. The van der Waals surface area contributed by atoms with E-state index in [9.17, 15) is 4.79 Å². The third kappa shape index (κ3) is 2.62. The number of anilines is 1. The predicted octanol–water partition coefficient (Wildman–Crippen LogP) is 1.72. The highest BCUT2D eigenvalue weighted by Gasteiger charge is 2.31. The van der Waals surface area contributed by atoms with Crippen LogP contribution in [0.2, 0.25) is 0 Å². The number of para-hydroxylation sites is 1. The Labute approximate surface area is 88.4 Å². The van der Waals surface area contributed by atoms with Gasteiger partial charge in [-0.05, 0) is 12.1 Å². The van der Waals surface area contributed by atoms with Gasteiger partial charge in [-0.3, -0.25) is 0 Å². The van der Waals surface area contributed by atoms with Crippen LogP contribution < -0.4 is 11.1 Å². The van der Waals surface area contributed by atoms with E-state index in [1.165, 1.54) is 0 Å². The number of benzene rings is 1. The number of rotatable bonds is 3. The molecule has 2 rings (SSSR count). The molecule has 0 aromatic heterocycles. The van der Waals surface area contributed by atoms with Gasteiger partial charge >= 0.3 is 6.09 Å². The third-order valence-electron chi connectivity index (χ3n) is 2.52. The Morgan fingerprint density at radius 3 is 2.60 bits per heavy atom. The summed E-state index contributed by atoms with van der Waals surface area (Å²) in [6.07, 6.45) is 0.970. The van der Waals surface area contributed by atoms with Crippen LogP contribution in [0.25, 0.3) is 0 Å². The van der Waals surface area contributed by atoms with Gasteiger partial charge in [0.05, 0.1) is 0 Å². The van der Waals surface area contributed by atoms with Crippen molar-refractivity contribution in [2.75, 3.05) is 5.32 Å². The lowest BCUT2D eigenvalue weighted by molar-refractivity contribution is 0.0518. The monoisotopic (exact) mass is 206 g/mol. The lowest BCUT2D eigenvalue weighted by Gasteiger charge is -2.35. The van der Waals surface area contributed by atoms with Gasteiger partial charge in [0.25, 0.3) is 0 Å². The number of amides is 1. The summed E-state index contributed by atoms with van der Waals surface area (Å²) in [7, 11) is 0. The molecule has 1 amide bonds. The number of ether oxygens (including phenoxy) is 1. The van der Waals surface area contributed by atoms with Crippen molar-refractivity contribution in [2.45, 2.75) is 25.0 Å². The maximum atomic E-state index is 10.4. The first-order chi connectivity index (χ1) is 7.24. The molecule has 1 saturated carbocycles. The van der Waals surface area contributed by atoms with Crippen molar-refractivity contribution in [3.8, 4) is 0 Å². The van der Waals surface area contributed by atoms with E-state index in [0.29, 0.717) is 6.04 Å². The van der Waals surface area contributed by atoms with Crippen LogP contribution in [0.3, 0.4) is 0 Å². The molecule has 4 heteroatoms. The second-order valence-corrected chi connectivity index (χ2v) is 3.74. The molecule has 0 saturated heterocycles. The molecule has 1 aromatic carbocycles. The lowest BCUT2D eigenvalue weighted by Crippen LogP contribution is -2.42. The predicted molar refractivity (Wildman–Crippen MR) is 57.5 cm³/mol. The van der Waals surface area contributed by atoms with Crippen molar-refractivity contribution < 1.29 is 9.53 Å². The number of carbonyl (C=O) groups excluding carboxylic acids is 1. The van der Waals surface area contributed by atoms with E-state index >= 15 is 0 Å². The van der Waals surface area contributed by atoms with Crippen LogP contribution in [-0.4, -0.2) is 18.2 Å². The molecule has 0 spiro atoms. The van der Waals surface area contributed by atoms with Gasteiger partial charge < -0.3 is 15.8 Å². The van der Waals surface area contributed by atoms with E-state index in [4.69, 9.17) is 10.5 Å². The van der Waals surface area contributed by atoms with E-state index < -0.39 is 6.09 Å². The van der Waals surface area contributed by atoms with Gasteiger partial charge in [-0.2, -0.15) is 0 Å². The molecular weight excluding hydrogens is 192 g/mol. The van der Waals surface area contributed by atoms with Crippen LogP contribution in [0.4, 0.5) is 10.5 Å². The quantitative estimate of drug-likeness (QED) is 0.791. The van der Waals surface area contributed by atoms with Crippen molar-refractivity contribution in [3.05, 3.63) is 30.3 Å². The molecular formula is C11H14N2O2. The molecule has 3 N–H and O–H groups in total. The molecule has 0 unspecified atom stereocenters. The fourth-order valence-electron chi connectivity index (χ4n) is 1.71. The van der Waals surface area contributed by atoms with Crippen LogP contribution in [0.1, 0.15) is 12.8 Å². The first-order valence-corrected chi connectivity index (χ1v) is 5.01. The highest BCUT2D eigenvalue weighted by Crippen LogP contribution is 2.26. The summed E-state index contributed by atoms with van der Waals surface area (Å²) in [5.41, 5.74) is 6.02. The summed E-state index contributed by atoms with van der Waals surface area (Å²) in [5, 5.41) is 3.35. The van der Waals surface area contributed by atoms with E-state index in [1.807, 2.05) is 30.3 Å². The molecule has 0 aliphatic heterocycles. The fraction of sp³-hybridized carbons (Fsp3) is 0.364. The minimum atomic E-state index is -0.682. The third-order valence-corrected chi connectivity index (χ3v) is 2.52. The summed E-state index contributed by atoms with van der Waals surface area (Å²) in [6.45, 7) is 0. The van der Waals surface area contributed by atoms with E-state index in [-0.39, 0.29) is 6.10 Å². The molecule has 0 radical (unpaired) electrons. The molecule has 1 aromatic rings. The van der Waals surface area contributed by atoms with Gasteiger partial charge in [-0.25, -0.2) is 4.79 Å². The summed E-state index contributed by atoms with van der Waals surface area (Å²) >= 11 is 0. The number of nitrogens with one attached hydrogen (secondary N) is 1. The normalized spacial score (nSPS) is 24.0. The molecule has 80 valence electrons. The highest BCUT2D eigenvalue weighted by molar-refractivity contribution is 5.65. The highest BCUT2D eigenvalue weighted by atomic mass is 16.6. The van der Waals surface area contributed by atoms with Gasteiger partial charge in [-0.15, -0.1) is 0 Å². The average Bonchev–Trinajstić information content (AvgIpc) is 2.15. The van der Waals surface area contributed by atoms with Gasteiger partial charge in [0, 0.05) is 24.6 Å². The van der Waals surface area contributed by atoms with Crippen LogP contribution in [0, 0.1) is 0 Å². The molecule has 15 heavy (non-hydrogen) atoms. The van der Waals surface area contributed by atoms with Crippen molar-refractivity contribution in [2.24, 2.45) is 5.73 Å². The number of hydrogen-bond acceptors (Lipinski definition) is 3. The Hall–Kier alpha value is -1.71. The van der Waals surface area contributed by atoms with Crippen LogP contribution in [-0.2, 0) is 4.74 Å². The average molecular weight is 206 g/mol. The standard InChI is InChI=1S/C11H14N2O2/c12-11(14)15-10-6-9(7-10)13-8-4-2-1-3-5-8/h1-5,9-10,13H,6-7H2,(H2,12,14). The molecule has 0 bridgehead atoms. The smallest absolute Gasteiger partial charge is 0.404 e. The Balaban J connectivity index is 1.74. The summed E-state index contributed by atoms with van der Waals surface area (Å²) in [5.74, 6) is 0. The largest absolute Gasteiger partial charge is 0.446 e. The number of carbonyl (C=O) groups is 1. The second kappa shape index (κ2) is 4.21. The minimum absolute atomic E-state index is 0.0105. The summed E-state index contributed by atoms with van der Waals surface area (Å²) in [6, 6.07) is 10.4. The first-order valence-electron chi connectivity index (χ1n) is 5.01. The molecule has 1 aliphatic rings. The molecule has 1 aliphatic carbocycles. The van der Waals surface area contributed by atoms with Gasteiger partial charge in [0.15, 0.2) is 0 Å². The first kappa shape index (κ1) is 9.83. The van der Waals surface area contributed by atoms with Crippen LogP contribution >= 0.6 is 0 Å². The Bertz CT molecular complexity index is 334. The number of nitrogens with two attached hydrogens (primary N) is 1. The van der Waals surface area contributed by atoms with Crippen molar-refractivity contribution in [1.29, 1.82) is 0 Å². The van der Waals surface area contributed by atoms with E-state index in [0.717, 1.165) is 18.5 Å². The zero-order valence-corrected chi connectivity index (χ0v) is 8.35. The van der Waals surface area contributed by atoms with Gasteiger partial charge in [0.2, 0.25) is 0 Å². The number of primary amides is 1. The van der Waals surface area contributed by atoms with Gasteiger partial charge in [0.1, 0.15) is 6.10 Å². The maximum Gasteiger partial charge on any atom is 0.404 e. The Kier molecular flexibility index (Phi) is 2.76. The summed E-state index contributed by atoms with van der Waals surface area (Å²) < 4.78 is 4.85. The molecule has 1 fully saturated rings. The zero-order chi connectivity index (χ0) is 10.7. The van der Waals surface area contributed by atoms with Crippen molar-refractivity contribution in [3.63, 3.8) is 0 Å². The van der Waals surface area contributed by atoms with E-state index in [2.05, 4.69) is 5.32 Å².